The van der Waals surface area contributed by atoms with Crippen LogP contribution in [0.3, 0.4) is 0 Å². The molecule has 0 bridgehead atoms. The third-order valence-corrected chi connectivity index (χ3v) is 6.59. The number of rotatable bonds is 3. The molecule has 154 valence electrons. The standard InChI is InChI=1S/C20H34N2O4S/c1-19(2,3)15-12-14(16(27-15)17(23)25-7)21-13-8-10-22(11-9-13)18(24)26-20(4,5)6/h13,15,21H,8-12H2,1-7H3. The van der Waals surface area contributed by atoms with E-state index >= 15 is 0 Å². The lowest BCUT2D eigenvalue weighted by Crippen LogP contribution is -2.46. The fraction of sp³-hybridized carbons (Fsp3) is 0.800. The zero-order chi connectivity index (χ0) is 20.4. The smallest absolute Gasteiger partial charge is 0.410 e. The Morgan fingerprint density at radius 1 is 1.11 bits per heavy atom. The number of ether oxygens (including phenoxy) is 2. The molecule has 1 amide bonds. The summed E-state index contributed by atoms with van der Waals surface area (Å²) in [6, 6.07) is 0.248. The molecule has 1 N–H and O–H groups in total. The molecular weight excluding hydrogens is 364 g/mol. The molecule has 2 rings (SSSR count). The molecule has 0 saturated carbocycles. The van der Waals surface area contributed by atoms with Gasteiger partial charge in [0.25, 0.3) is 0 Å². The molecule has 1 fully saturated rings. The zero-order valence-electron chi connectivity index (χ0n) is 17.7. The number of hydrogen-bond donors (Lipinski definition) is 1. The quantitative estimate of drug-likeness (QED) is 0.727. The topological polar surface area (TPSA) is 67.9 Å². The molecule has 2 aliphatic heterocycles. The van der Waals surface area contributed by atoms with Gasteiger partial charge in [-0.2, -0.15) is 0 Å². The van der Waals surface area contributed by atoms with Crippen LogP contribution in [0.5, 0.6) is 0 Å². The first-order valence-electron chi connectivity index (χ1n) is 9.63. The second-order valence-corrected chi connectivity index (χ2v) is 10.6. The van der Waals surface area contributed by atoms with Gasteiger partial charge in [0.15, 0.2) is 0 Å². The zero-order valence-corrected chi connectivity index (χ0v) is 18.5. The second-order valence-electron chi connectivity index (χ2n) is 9.36. The highest BCUT2D eigenvalue weighted by Gasteiger charge is 2.38. The number of piperidine rings is 1. The largest absolute Gasteiger partial charge is 0.465 e. The van der Waals surface area contributed by atoms with Crippen LogP contribution in [0.2, 0.25) is 0 Å². The Morgan fingerprint density at radius 2 is 1.70 bits per heavy atom. The first kappa shape index (κ1) is 21.9. The highest BCUT2D eigenvalue weighted by atomic mass is 32.2. The molecule has 0 spiro atoms. The predicted octanol–water partition coefficient (Wildman–Crippen LogP) is 3.91. The number of carbonyl (C=O) groups is 2. The molecule has 27 heavy (non-hydrogen) atoms. The normalized spacial score (nSPS) is 22.0. The predicted molar refractivity (Wildman–Crippen MR) is 108 cm³/mol. The highest BCUT2D eigenvalue weighted by molar-refractivity contribution is 8.04. The van der Waals surface area contributed by atoms with E-state index in [-0.39, 0.29) is 23.5 Å². The van der Waals surface area contributed by atoms with Gasteiger partial charge >= 0.3 is 12.1 Å². The summed E-state index contributed by atoms with van der Waals surface area (Å²) in [5.74, 6) is -0.263. The molecular formula is C20H34N2O4S. The number of esters is 1. The molecule has 0 aromatic heterocycles. The van der Waals surface area contributed by atoms with Crippen molar-refractivity contribution >= 4 is 23.8 Å². The lowest BCUT2D eigenvalue weighted by molar-refractivity contribution is -0.135. The van der Waals surface area contributed by atoms with Gasteiger partial charge in [0.05, 0.1) is 7.11 Å². The van der Waals surface area contributed by atoms with Crippen LogP contribution in [0.4, 0.5) is 4.79 Å². The van der Waals surface area contributed by atoms with Crippen LogP contribution in [0, 0.1) is 5.41 Å². The van der Waals surface area contributed by atoms with Crippen molar-refractivity contribution in [2.45, 2.75) is 77.7 Å². The lowest BCUT2D eigenvalue weighted by Gasteiger charge is -2.34. The first-order valence-corrected chi connectivity index (χ1v) is 10.5. The average Bonchev–Trinajstić information content (AvgIpc) is 2.97. The number of thioether (sulfide) groups is 1. The van der Waals surface area contributed by atoms with Gasteiger partial charge in [-0.25, -0.2) is 9.59 Å². The van der Waals surface area contributed by atoms with Gasteiger partial charge < -0.3 is 19.7 Å². The van der Waals surface area contributed by atoms with Crippen molar-refractivity contribution < 1.29 is 19.1 Å². The number of methoxy groups -OCH3 is 1. The summed E-state index contributed by atoms with van der Waals surface area (Å²) in [4.78, 5) is 26.9. The fourth-order valence-electron chi connectivity index (χ4n) is 3.18. The number of nitrogens with one attached hydrogen (secondary N) is 1. The first-order chi connectivity index (χ1) is 12.4. The van der Waals surface area contributed by atoms with E-state index in [0.29, 0.717) is 23.2 Å². The van der Waals surface area contributed by atoms with Crippen molar-refractivity contribution in [1.29, 1.82) is 0 Å². The van der Waals surface area contributed by atoms with E-state index < -0.39 is 5.60 Å². The Labute approximate surface area is 167 Å². The maximum Gasteiger partial charge on any atom is 0.410 e. The van der Waals surface area contributed by atoms with Crippen LogP contribution in [0.1, 0.15) is 60.8 Å². The van der Waals surface area contributed by atoms with Crippen molar-refractivity contribution in [3.05, 3.63) is 10.6 Å². The van der Waals surface area contributed by atoms with Crippen molar-refractivity contribution in [1.82, 2.24) is 10.2 Å². The van der Waals surface area contributed by atoms with Crippen molar-refractivity contribution in [2.75, 3.05) is 20.2 Å². The van der Waals surface area contributed by atoms with Crippen LogP contribution in [0.15, 0.2) is 10.6 Å². The van der Waals surface area contributed by atoms with Gasteiger partial charge in [-0.3, -0.25) is 0 Å². The monoisotopic (exact) mass is 398 g/mol. The number of hydrogen-bond acceptors (Lipinski definition) is 6. The van der Waals surface area contributed by atoms with Crippen molar-refractivity contribution in [3.8, 4) is 0 Å². The van der Waals surface area contributed by atoms with Crippen LogP contribution >= 0.6 is 11.8 Å². The van der Waals surface area contributed by atoms with Crippen molar-refractivity contribution in [2.24, 2.45) is 5.41 Å². The third kappa shape index (κ3) is 6.06. The number of carbonyl (C=O) groups excluding carboxylic acids is 2. The summed E-state index contributed by atoms with van der Waals surface area (Å²) < 4.78 is 10.4. The summed E-state index contributed by atoms with van der Waals surface area (Å²) in [6.45, 7) is 13.5. The van der Waals surface area contributed by atoms with Gasteiger partial charge in [-0.05, 0) is 39.0 Å². The van der Waals surface area contributed by atoms with Crippen LogP contribution < -0.4 is 5.32 Å². The van der Waals surface area contributed by atoms with Crippen molar-refractivity contribution in [3.63, 3.8) is 0 Å². The summed E-state index contributed by atoms with van der Waals surface area (Å²) >= 11 is 1.62. The number of amides is 1. The van der Waals surface area contributed by atoms with E-state index in [1.165, 1.54) is 7.11 Å². The summed E-state index contributed by atoms with van der Waals surface area (Å²) in [7, 11) is 1.43. The Balaban J connectivity index is 1.96. The molecule has 0 radical (unpaired) electrons. The highest BCUT2D eigenvalue weighted by Crippen LogP contribution is 2.45. The Kier molecular flexibility index (Phi) is 6.77. The average molecular weight is 399 g/mol. The van der Waals surface area contributed by atoms with Crippen LogP contribution in [0.25, 0.3) is 0 Å². The Morgan fingerprint density at radius 3 is 2.19 bits per heavy atom. The second kappa shape index (κ2) is 8.33. The molecule has 0 aromatic rings. The Hall–Kier alpha value is -1.37. The molecule has 2 aliphatic rings. The van der Waals surface area contributed by atoms with E-state index in [2.05, 4.69) is 26.1 Å². The molecule has 7 heteroatoms. The minimum Gasteiger partial charge on any atom is -0.465 e. The maximum atomic E-state index is 12.2. The minimum absolute atomic E-state index is 0.105. The minimum atomic E-state index is -0.477. The molecule has 1 unspecified atom stereocenters. The number of allylic oxidation sites excluding steroid dienone is 1. The fourth-order valence-corrected chi connectivity index (χ4v) is 4.54. The van der Waals surface area contributed by atoms with Gasteiger partial charge in [0, 0.05) is 36.5 Å². The number of likely N-dealkylation sites (tertiary alicyclic amines) is 1. The van der Waals surface area contributed by atoms with E-state index in [4.69, 9.17) is 9.47 Å². The van der Waals surface area contributed by atoms with Gasteiger partial charge in [-0.1, -0.05) is 20.8 Å². The number of nitrogens with zero attached hydrogens (tertiary/aromatic N) is 1. The van der Waals surface area contributed by atoms with Crippen LogP contribution in [-0.2, 0) is 14.3 Å². The van der Waals surface area contributed by atoms with Gasteiger partial charge in [0.2, 0.25) is 0 Å². The maximum absolute atomic E-state index is 12.2. The van der Waals surface area contributed by atoms with E-state index in [1.54, 1.807) is 16.7 Å². The molecule has 6 nitrogen and oxygen atoms in total. The SMILES string of the molecule is COC(=O)C1=C(NC2CCN(C(=O)OC(C)(C)C)CC2)CC(C(C)(C)C)S1. The van der Waals surface area contributed by atoms with E-state index in [0.717, 1.165) is 25.0 Å². The summed E-state index contributed by atoms with van der Waals surface area (Å²) in [5.41, 5.74) is 0.616. The summed E-state index contributed by atoms with van der Waals surface area (Å²) in [6.07, 6.45) is 2.26. The summed E-state index contributed by atoms with van der Waals surface area (Å²) in [5, 5.41) is 3.92. The Bertz CT molecular complexity index is 596. The third-order valence-electron chi connectivity index (χ3n) is 4.79. The van der Waals surface area contributed by atoms with Gasteiger partial charge in [-0.15, -0.1) is 11.8 Å². The molecule has 0 aromatic carbocycles. The molecule has 1 atom stereocenters. The van der Waals surface area contributed by atoms with E-state index in [9.17, 15) is 9.59 Å². The van der Waals surface area contributed by atoms with E-state index in [1.807, 2.05) is 20.8 Å². The lowest BCUT2D eigenvalue weighted by atomic mass is 9.89. The molecule has 2 heterocycles. The molecule has 1 saturated heterocycles. The van der Waals surface area contributed by atoms with Crippen LogP contribution in [-0.4, -0.2) is 54.1 Å². The van der Waals surface area contributed by atoms with Gasteiger partial charge in [0.1, 0.15) is 10.5 Å². The molecule has 0 aliphatic carbocycles.